The fourth-order valence-corrected chi connectivity index (χ4v) is 6.76. The Bertz CT molecular complexity index is 1460. The summed E-state index contributed by atoms with van der Waals surface area (Å²) in [6, 6.07) is 8.46. The molecule has 1 saturated heterocycles. The number of likely N-dealkylation sites (N-methyl/N-ethyl adjacent to an activating group) is 1. The topological polar surface area (TPSA) is 102 Å². The van der Waals surface area contributed by atoms with Crippen molar-refractivity contribution in [2.45, 2.75) is 29.8 Å². The minimum Gasteiger partial charge on any atom is -0.488 e. The summed E-state index contributed by atoms with van der Waals surface area (Å²) in [5, 5.41) is 11.3. The van der Waals surface area contributed by atoms with E-state index in [9.17, 15) is 31.7 Å². The maximum absolute atomic E-state index is 13.6. The molecule has 0 amide bonds. The van der Waals surface area contributed by atoms with E-state index in [1.165, 1.54) is 18.2 Å². The number of nitrogens with one attached hydrogen (secondary N) is 1. The van der Waals surface area contributed by atoms with Gasteiger partial charge in [0, 0.05) is 36.3 Å². The lowest BCUT2D eigenvalue weighted by Gasteiger charge is -2.19. The van der Waals surface area contributed by atoms with Crippen LogP contribution in [0, 0.1) is 17.0 Å². The van der Waals surface area contributed by atoms with E-state index in [1.54, 1.807) is 13.0 Å². The first kappa shape index (κ1) is 27.2. The smallest absolute Gasteiger partial charge is 0.419 e. The van der Waals surface area contributed by atoms with Gasteiger partial charge in [-0.05, 0) is 44.2 Å². The summed E-state index contributed by atoms with van der Waals surface area (Å²) in [7, 11) is -2.43. The van der Waals surface area contributed by atoms with E-state index in [-0.39, 0.29) is 25.5 Å². The molecule has 8 nitrogen and oxygen atoms in total. The highest BCUT2D eigenvalue weighted by atomic mass is 35.5. The molecule has 198 valence electrons. The predicted molar refractivity (Wildman–Crippen MR) is 135 cm³/mol. The van der Waals surface area contributed by atoms with E-state index in [1.807, 2.05) is 11.9 Å². The van der Waals surface area contributed by atoms with Gasteiger partial charge in [0.15, 0.2) is 0 Å². The molecule has 1 aromatic heterocycles. The number of nitrogens with zero attached hydrogens (tertiary/aromatic N) is 2. The van der Waals surface area contributed by atoms with Crippen LogP contribution < -0.4 is 9.46 Å². The molecular weight excluding hydrogens is 555 g/mol. The second-order valence-electron chi connectivity index (χ2n) is 8.62. The lowest BCUT2D eigenvalue weighted by atomic mass is 10.1. The molecule has 37 heavy (non-hydrogen) atoms. The molecule has 0 bridgehead atoms. The van der Waals surface area contributed by atoms with E-state index in [0.29, 0.717) is 30.6 Å². The van der Waals surface area contributed by atoms with Crippen LogP contribution in [0.15, 0.2) is 46.7 Å². The van der Waals surface area contributed by atoms with Crippen LogP contribution in [0.5, 0.6) is 5.75 Å². The number of aryl methyl sites for hydroxylation is 1. The first-order valence-corrected chi connectivity index (χ1v) is 13.6. The van der Waals surface area contributed by atoms with Gasteiger partial charge in [-0.15, -0.1) is 11.3 Å². The molecule has 1 N–H and O–H groups in total. The van der Waals surface area contributed by atoms with E-state index < -0.39 is 38.5 Å². The summed E-state index contributed by atoms with van der Waals surface area (Å²) < 4.78 is 74.6. The molecule has 1 fully saturated rings. The summed E-state index contributed by atoms with van der Waals surface area (Å²) in [4.78, 5) is 12.7. The Balaban J connectivity index is 1.64. The van der Waals surface area contributed by atoms with Crippen LogP contribution in [0.1, 0.15) is 17.5 Å². The Morgan fingerprint density at radius 1 is 1.22 bits per heavy atom. The second kappa shape index (κ2) is 10.1. The number of likely N-dealkylation sites (tertiary alicyclic amines) is 1. The van der Waals surface area contributed by atoms with E-state index in [2.05, 4.69) is 4.72 Å². The molecule has 0 radical (unpaired) electrons. The zero-order valence-electron chi connectivity index (χ0n) is 19.5. The maximum Gasteiger partial charge on any atom is 0.419 e. The normalized spacial score (nSPS) is 16.6. The van der Waals surface area contributed by atoms with Crippen molar-refractivity contribution in [2.75, 3.05) is 24.9 Å². The zero-order valence-corrected chi connectivity index (χ0v) is 21.9. The number of nitro benzene ring substituents is 1. The average Bonchev–Trinajstić information content (AvgIpc) is 3.38. The van der Waals surface area contributed by atoms with Gasteiger partial charge >= 0.3 is 6.18 Å². The molecule has 3 aromatic rings. The Hall–Kier alpha value is -2.87. The quantitative estimate of drug-likeness (QED) is 0.266. The largest absolute Gasteiger partial charge is 0.488 e. The Morgan fingerprint density at radius 3 is 2.57 bits per heavy atom. The van der Waals surface area contributed by atoms with Crippen molar-refractivity contribution in [1.29, 1.82) is 0 Å². The van der Waals surface area contributed by atoms with Gasteiger partial charge < -0.3 is 9.64 Å². The number of ether oxygens (including phenoxy) is 1. The Morgan fingerprint density at radius 2 is 1.95 bits per heavy atom. The van der Waals surface area contributed by atoms with Gasteiger partial charge in [0.1, 0.15) is 20.4 Å². The molecule has 14 heteroatoms. The molecular formula is C23H21ClF3N3O5S2. The van der Waals surface area contributed by atoms with Crippen molar-refractivity contribution >= 4 is 44.3 Å². The number of halogens is 4. The Kier molecular flexibility index (Phi) is 7.43. The zero-order chi connectivity index (χ0) is 27.1. The third-order valence-corrected chi connectivity index (χ3v) is 9.04. The minimum atomic E-state index is -4.69. The molecule has 1 aliphatic heterocycles. The predicted octanol–water partition coefficient (Wildman–Crippen LogP) is 6.19. The third-order valence-electron chi connectivity index (χ3n) is 5.83. The maximum atomic E-state index is 13.6. The number of hydrogen-bond acceptors (Lipinski definition) is 7. The summed E-state index contributed by atoms with van der Waals surface area (Å²) in [6.45, 7) is 2.69. The van der Waals surface area contributed by atoms with Crippen LogP contribution in [0.3, 0.4) is 0 Å². The number of alkyl halides is 3. The Labute approximate surface area is 219 Å². The van der Waals surface area contributed by atoms with Crippen molar-refractivity contribution in [3.8, 4) is 16.9 Å². The summed E-state index contributed by atoms with van der Waals surface area (Å²) in [6.07, 6.45) is -4.61. The minimum absolute atomic E-state index is 0.0836. The molecule has 4 rings (SSSR count). The number of sulfonamides is 1. The van der Waals surface area contributed by atoms with Crippen LogP contribution in [-0.4, -0.2) is 44.5 Å². The van der Waals surface area contributed by atoms with Crippen LogP contribution in [0.2, 0.25) is 4.34 Å². The van der Waals surface area contributed by atoms with Gasteiger partial charge in [0.05, 0.1) is 16.2 Å². The lowest BCUT2D eigenvalue weighted by molar-refractivity contribution is -0.385. The molecule has 2 aromatic carbocycles. The highest BCUT2D eigenvalue weighted by Crippen LogP contribution is 2.41. The van der Waals surface area contributed by atoms with Crippen LogP contribution in [0.25, 0.3) is 11.1 Å². The van der Waals surface area contributed by atoms with Crippen molar-refractivity contribution < 1.29 is 31.2 Å². The highest BCUT2D eigenvalue weighted by molar-refractivity contribution is 7.94. The molecule has 2 heterocycles. The van der Waals surface area contributed by atoms with Crippen LogP contribution in [-0.2, 0) is 16.2 Å². The standard InChI is InChI=1S/C23H21ClF3N3O5S2/c1-13-3-4-14(9-19(13)30(31)32)17-11-21(36-22(17)24)37(33,34)28-15-5-6-18(23(25,26)27)20(10-15)35-16-7-8-29(2)12-16/h3-6,9-11,16,28H,7-8,12H2,1-2H3/t16-/m1/s1. The van der Waals surface area contributed by atoms with Gasteiger partial charge in [-0.25, -0.2) is 8.42 Å². The van der Waals surface area contributed by atoms with Crippen molar-refractivity contribution in [2.24, 2.45) is 0 Å². The van der Waals surface area contributed by atoms with Gasteiger partial charge in [0.25, 0.3) is 15.7 Å². The molecule has 0 aliphatic carbocycles. The monoisotopic (exact) mass is 575 g/mol. The summed E-state index contributed by atoms with van der Waals surface area (Å²) in [5.74, 6) is -0.468. The molecule has 0 spiro atoms. The SMILES string of the molecule is Cc1ccc(-c2cc(S(=O)(=O)Nc3ccc(C(F)(F)F)c(O[C@@H]4CCN(C)C4)c3)sc2Cl)cc1[N+](=O)[O-]. The number of anilines is 1. The molecule has 0 saturated carbocycles. The first-order chi connectivity index (χ1) is 17.2. The van der Waals surface area contributed by atoms with Gasteiger partial charge in [0.2, 0.25) is 0 Å². The fraction of sp³-hybridized carbons (Fsp3) is 0.304. The van der Waals surface area contributed by atoms with Crippen molar-refractivity contribution in [3.63, 3.8) is 0 Å². The van der Waals surface area contributed by atoms with Gasteiger partial charge in [-0.1, -0.05) is 23.7 Å². The van der Waals surface area contributed by atoms with Gasteiger partial charge in [-0.3, -0.25) is 14.8 Å². The summed E-state index contributed by atoms with van der Waals surface area (Å²) >= 11 is 6.99. The number of thiophene rings is 1. The van der Waals surface area contributed by atoms with Crippen LogP contribution >= 0.6 is 22.9 Å². The van der Waals surface area contributed by atoms with Gasteiger partial charge in [-0.2, -0.15) is 13.2 Å². The van der Waals surface area contributed by atoms with E-state index in [4.69, 9.17) is 16.3 Å². The molecule has 0 unspecified atom stereocenters. The molecule has 1 atom stereocenters. The van der Waals surface area contributed by atoms with Crippen molar-refractivity contribution in [1.82, 2.24) is 4.90 Å². The number of benzene rings is 2. The third kappa shape index (κ3) is 6.00. The highest BCUT2D eigenvalue weighted by Gasteiger charge is 2.36. The van der Waals surface area contributed by atoms with E-state index in [0.717, 1.165) is 29.5 Å². The number of rotatable bonds is 7. The fourth-order valence-electron chi connectivity index (χ4n) is 3.94. The average molecular weight is 576 g/mol. The van der Waals surface area contributed by atoms with Crippen molar-refractivity contribution in [3.05, 3.63) is 68.0 Å². The molecule has 1 aliphatic rings. The van der Waals surface area contributed by atoms with Crippen LogP contribution in [0.4, 0.5) is 24.5 Å². The summed E-state index contributed by atoms with van der Waals surface area (Å²) in [5.41, 5.74) is -0.213. The number of hydrogen-bond donors (Lipinski definition) is 1. The second-order valence-corrected chi connectivity index (χ2v) is 12.2. The number of nitro groups is 1. The lowest BCUT2D eigenvalue weighted by Crippen LogP contribution is -2.23. The van der Waals surface area contributed by atoms with E-state index >= 15 is 0 Å². The first-order valence-electron chi connectivity index (χ1n) is 10.9.